The lowest BCUT2D eigenvalue weighted by atomic mass is 9.95. The topological polar surface area (TPSA) is 86.3 Å². The summed E-state index contributed by atoms with van der Waals surface area (Å²) in [5, 5.41) is 0. The number of nitrogens with one attached hydrogen (secondary N) is 1. The summed E-state index contributed by atoms with van der Waals surface area (Å²) in [5.74, 6) is 0.769. The molecule has 0 bridgehead atoms. The number of hydrogen-bond acceptors (Lipinski definition) is 7. The van der Waals surface area contributed by atoms with Crippen LogP contribution < -0.4 is 15.0 Å². The molecule has 4 rings (SSSR count). The van der Waals surface area contributed by atoms with Gasteiger partial charge in [0, 0.05) is 18.2 Å². The maximum absolute atomic E-state index is 11.4. The van der Waals surface area contributed by atoms with Gasteiger partial charge in [0.1, 0.15) is 19.0 Å². The third-order valence-corrected chi connectivity index (χ3v) is 6.56. The predicted octanol–water partition coefficient (Wildman–Crippen LogP) is 5.48. The van der Waals surface area contributed by atoms with Crippen molar-refractivity contribution in [3.05, 3.63) is 81.4 Å². The fourth-order valence-electron chi connectivity index (χ4n) is 3.89. The van der Waals surface area contributed by atoms with Crippen molar-refractivity contribution in [3.8, 4) is 33.3 Å². The number of hydrogen-bond donors (Lipinski definition) is 1. The van der Waals surface area contributed by atoms with Crippen LogP contribution in [0.1, 0.15) is 29.4 Å². The molecule has 2 aromatic carbocycles. The summed E-state index contributed by atoms with van der Waals surface area (Å²) in [5.41, 5.74) is 6.94. The SMILES string of the molecule is CCOCCOc1nc(C)c(-c2cccc(COc3ccc(-c4cc(=O)[nH]s4)cc3)c2C)c(C)n1. The first-order valence-corrected chi connectivity index (χ1v) is 12.3. The minimum Gasteiger partial charge on any atom is -0.489 e. The maximum Gasteiger partial charge on any atom is 0.316 e. The van der Waals surface area contributed by atoms with Crippen LogP contribution >= 0.6 is 11.5 Å². The van der Waals surface area contributed by atoms with Crippen LogP contribution in [0.3, 0.4) is 0 Å². The second kappa shape index (κ2) is 11.3. The van der Waals surface area contributed by atoms with E-state index in [1.807, 2.05) is 51.1 Å². The smallest absolute Gasteiger partial charge is 0.316 e. The lowest BCUT2D eigenvalue weighted by molar-refractivity contribution is 0.106. The summed E-state index contributed by atoms with van der Waals surface area (Å²) in [6.07, 6.45) is 0. The Bertz CT molecular complexity index is 1320. The molecule has 7 nitrogen and oxygen atoms in total. The van der Waals surface area contributed by atoms with E-state index in [4.69, 9.17) is 14.2 Å². The zero-order valence-corrected chi connectivity index (χ0v) is 21.2. The van der Waals surface area contributed by atoms with Gasteiger partial charge < -0.3 is 14.2 Å². The molecule has 1 N–H and O–H groups in total. The first-order valence-electron chi connectivity index (χ1n) is 11.5. The molecule has 0 unspecified atom stereocenters. The minimum atomic E-state index is -0.0831. The second-order valence-corrected chi connectivity index (χ2v) is 8.93. The maximum atomic E-state index is 11.4. The van der Waals surface area contributed by atoms with E-state index >= 15 is 0 Å². The Morgan fingerprint density at radius 1 is 0.943 bits per heavy atom. The van der Waals surface area contributed by atoms with Gasteiger partial charge in [-0.1, -0.05) is 29.7 Å². The van der Waals surface area contributed by atoms with E-state index in [-0.39, 0.29) is 5.56 Å². The number of rotatable bonds is 10. The van der Waals surface area contributed by atoms with Gasteiger partial charge in [0.25, 0.3) is 5.56 Å². The van der Waals surface area contributed by atoms with E-state index in [1.54, 1.807) is 6.07 Å². The summed E-state index contributed by atoms with van der Waals surface area (Å²) < 4.78 is 19.8. The predicted molar refractivity (Wildman–Crippen MR) is 138 cm³/mol. The monoisotopic (exact) mass is 491 g/mol. The number of ether oxygens (including phenoxy) is 3. The molecule has 0 saturated heterocycles. The minimum absolute atomic E-state index is 0.0831. The van der Waals surface area contributed by atoms with Gasteiger partial charge in [0.05, 0.1) is 22.9 Å². The highest BCUT2D eigenvalue weighted by Gasteiger charge is 2.15. The van der Waals surface area contributed by atoms with Crippen molar-refractivity contribution in [2.45, 2.75) is 34.3 Å². The Balaban J connectivity index is 1.48. The Morgan fingerprint density at radius 3 is 2.34 bits per heavy atom. The van der Waals surface area contributed by atoms with Gasteiger partial charge in [0.15, 0.2) is 0 Å². The highest BCUT2D eigenvalue weighted by Crippen LogP contribution is 2.31. The van der Waals surface area contributed by atoms with Gasteiger partial charge in [-0.2, -0.15) is 9.97 Å². The van der Waals surface area contributed by atoms with Crippen molar-refractivity contribution < 1.29 is 14.2 Å². The van der Waals surface area contributed by atoms with Gasteiger partial charge in [-0.15, -0.1) is 0 Å². The molecule has 0 aliphatic rings. The summed E-state index contributed by atoms with van der Waals surface area (Å²) >= 11 is 1.33. The first-order chi connectivity index (χ1) is 17.0. The Morgan fingerprint density at radius 2 is 1.69 bits per heavy atom. The van der Waals surface area contributed by atoms with Gasteiger partial charge >= 0.3 is 6.01 Å². The number of nitrogens with zero attached hydrogens (tertiary/aromatic N) is 2. The van der Waals surface area contributed by atoms with Crippen LogP contribution in [0.25, 0.3) is 21.6 Å². The van der Waals surface area contributed by atoms with E-state index in [1.165, 1.54) is 11.5 Å². The second-order valence-electron chi connectivity index (χ2n) is 8.08. The molecule has 0 aliphatic carbocycles. The number of benzene rings is 2. The molecule has 0 spiro atoms. The number of aromatic amines is 1. The summed E-state index contributed by atoms with van der Waals surface area (Å²) in [6, 6.07) is 15.9. The van der Waals surface area contributed by atoms with E-state index < -0.39 is 0 Å². The molecule has 0 aliphatic heterocycles. The highest BCUT2D eigenvalue weighted by atomic mass is 32.1. The standard InChI is InChI=1S/C27H29N3O4S/c1-5-32-13-14-33-27-28-18(3)26(19(4)29-27)23-8-6-7-21(17(23)2)16-34-22-11-9-20(10-12-22)24-15-25(31)30-35-24/h6-12,15H,5,13-14,16H2,1-4H3,(H,30,31). The molecular formula is C27H29N3O4S. The van der Waals surface area contributed by atoms with E-state index in [9.17, 15) is 4.79 Å². The van der Waals surface area contributed by atoms with Crippen molar-refractivity contribution in [2.24, 2.45) is 0 Å². The number of H-pyrrole nitrogens is 1. The lowest BCUT2D eigenvalue weighted by Crippen LogP contribution is -2.10. The summed E-state index contributed by atoms with van der Waals surface area (Å²) in [7, 11) is 0. The molecule has 2 aromatic heterocycles. The first kappa shape index (κ1) is 24.6. The fourth-order valence-corrected chi connectivity index (χ4v) is 4.58. The lowest BCUT2D eigenvalue weighted by Gasteiger charge is -2.16. The van der Waals surface area contributed by atoms with Crippen LogP contribution in [-0.4, -0.2) is 34.2 Å². The fraction of sp³-hybridized carbons (Fsp3) is 0.296. The third kappa shape index (κ3) is 5.96. The summed E-state index contributed by atoms with van der Waals surface area (Å²) in [4.78, 5) is 21.4. The van der Waals surface area contributed by atoms with E-state index in [2.05, 4.69) is 33.4 Å². The quantitative estimate of drug-likeness (QED) is 0.296. The van der Waals surface area contributed by atoms with Crippen molar-refractivity contribution in [3.63, 3.8) is 0 Å². The van der Waals surface area contributed by atoms with Gasteiger partial charge in [-0.25, -0.2) is 0 Å². The Kier molecular flexibility index (Phi) is 7.94. The van der Waals surface area contributed by atoms with Crippen LogP contribution in [0.4, 0.5) is 0 Å². The van der Waals surface area contributed by atoms with Crippen LogP contribution in [0, 0.1) is 20.8 Å². The van der Waals surface area contributed by atoms with Gasteiger partial charge in [-0.3, -0.25) is 9.17 Å². The zero-order chi connectivity index (χ0) is 24.8. The summed E-state index contributed by atoms with van der Waals surface area (Å²) in [6.45, 7) is 10.0. The van der Waals surface area contributed by atoms with Crippen LogP contribution in [0.5, 0.6) is 11.8 Å². The Hall–Kier alpha value is -3.49. The van der Waals surface area contributed by atoms with Gasteiger partial charge in [-0.05, 0) is 74.2 Å². The van der Waals surface area contributed by atoms with Crippen LogP contribution in [0.15, 0.2) is 53.3 Å². The molecule has 0 amide bonds. The number of aryl methyl sites for hydroxylation is 2. The van der Waals surface area contributed by atoms with Crippen LogP contribution in [0.2, 0.25) is 0 Å². The molecule has 0 atom stereocenters. The molecule has 2 heterocycles. The highest BCUT2D eigenvalue weighted by molar-refractivity contribution is 7.09. The average Bonchev–Trinajstić information content (AvgIpc) is 3.28. The average molecular weight is 492 g/mol. The van der Waals surface area contributed by atoms with Crippen molar-refractivity contribution in [1.82, 2.24) is 14.3 Å². The van der Waals surface area contributed by atoms with Crippen molar-refractivity contribution in [2.75, 3.05) is 19.8 Å². The molecule has 0 radical (unpaired) electrons. The van der Waals surface area contributed by atoms with E-state index in [0.717, 1.165) is 49.8 Å². The normalized spacial score (nSPS) is 11.0. The molecule has 4 aromatic rings. The molecule has 0 fully saturated rings. The van der Waals surface area contributed by atoms with Crippen molar-refractivity contribution in [1.29, 1.82) is 0 Å². The molecular weight excluding hydrogens is 462 g/mol. The molecule has 0 saturated carbocycles. The van der Waals surface area contributed by atoms with Crippen LogP contribution in [-0.2, 0) is 11.3 Å². The molecule has 182 valence electrons. The molecule has 35 heavy (non-hydrogen) atoms. The third-order valence-electron chi connectivity index (χ3n) is 5.69. The van der Waals surface area contributed by atoms with Gasteiger partial charge in [0.2, 0.25) is 0 Å². The Labute approximate surface area is 208 Å². The largest absolute Gasteiger partial charge is 0.489 e. The molecule has 8 heteroatoms. The zero-order valence-electron chi connectivity index (χ0n) is 20.4. The number of aromatic nitrogens is 3. The van der Waals surface area contributed by atoms with E-state index in [0.29, 0.717) is 32.4 Å². The van der Waals surface area contributed by atoms with Crippen molar-refractivity contribution >= 4 is 11.5 Å².